The molecule has 0 saturated carbocycles. The zero-order chi connectivity index (χ0) is 15.2. The highest BCUT2D eigenvalue weighted by molar-refractivity contribution is 9.10. The number of benzene rings is 1. The van der Waals surface area contributed by atoms with Crippen LogP contribution in [-0.4, -0.2) is 22.3 Å². The Kier molecular flexibility index (Phi) is 5.82. The summed E-state index contributed by atoms with van der Waals surface area (Å²) in [6.45, 7) is 4.00. The molecule has 2 rings (SSSR count). The third-order valence-corrected chi connectivity index (χ3v) is 4.20. The molecule has 0 aliphatic heterocycles. The van der Waals surface area contributed by atoms with Gasteiger partial charge in [-0.2, -0.15) is 0 Å². The van der Waals surface area contributed by atoms with Gasteiger partial charge in [0, 0.05) is 21.6 Å². The van der Waals surface area contributed by atoms with E-state index in [0.29, 0.717) is 11.2 Å². The molecule has 0 atom stereocenters. The van der Waals surface area contributed by atoms with Crippen LogP contribution in [0.15, 0.2) is 63.0 Å². The van der Waals surface area contributed by atoms with E-state index in [1.807, 2.05) is 56.3 Å². The minimum Gasteiger partial charge on any atom is -0.273 e. The fourth-order valence-corrected chi connectivity index (χ4v) is 2.78. The fraction of sp³-hybridized carbons (Fsp3) is 0.250. The van der Waals surface area contributed by atoms with Crippen molar-refractivity contribution in [1.29, 1.82) is 0 Å². The van der Waals surface area contributed by atoms with Gasteiger partial charge in [0.2, 0.25) is 5.91 Å². The quantitative estimate of drug-likeness (QED) is 0.768. The van der Waals surface area contributed by atoms with Gasteiger partial charge in [-0.1, -0.05) is 22.0 Å². The molecule has 0 radical (unpaired) electrons. The highest BCUT2D eigenvalue weighted by Gasteiger charge is 2.06. The third-order valence-electron chi connectivity index (χ3n) is 2.67. The second-order valence-corrected chi connectivity index (χ2v) is 6.75. The van der Waals surface area contributed by atoms with Gasteiger partial charge in [-0.15, -0.1) is 11.8 Å². The number of halogens is 1. The Labute approximate surface area is 137 Å². The Bertz CT molecular complexity index is 677. The maximum absolute atomic E-state index is 12.4. The first-order chi connectivity index (χ1) is 10.1. The van der Waals surface area contributed by atoms with Gasteiger partial charge >= 0.3 is 0 Å². The molecule has 0 bridgehead atoms. The molecular weight excluding hydrogens is 348 g/mol. The second-order valence-electron chi connectivity index (χ2n) is 4.79. The van der Waals surface area contributed by atoms with Crippen molar-refractivity contribution < 1.29 is 4.79 Å². The molecule has 0 unspecified atom stereocenters. The van der Waals surface area contributed by atoms with Gasteiger partial charge in [0.1, 0.15) is 5.49 Å². The molecule has 0 spiro atoms. The van der Waals surface area contributed by atoms with Crippen LogP contribution < -0.4 is 5.49 Å². The average Bonchev–Trinajstić information content (AvgIpc) is 2.46. The Morgan fingerprint density at radius 3 is 2.62 bits per heavy atom. The van der Waals surface area contributed by atoms with E-state index in [9.17, 15) is 4.79 Å². The van der Waals surface area contributed by atoms with Gasteiger partial charge in [-0.05, 0) is 50.2 Å². The van der Waals surface area contributed by atoms with Crippen molar-refractivity contribution in [1.82, 2.24) is 4.57 Å². The number of rotatable bonds is 4. The SMILES string of the molecule is CC(C)N=c1ccccn1C(=O)CSc1ccc(Br)cc1. The smallest absolute Gasteiger partial charge is 0.242 e. The summed E-state index contributed by atoms with van der Waals surface area (Å²) in [5, 5.41) is 0. The van der Waals surface area contributed by atoms with Crippen LogP contribution in [0.3, 0.4) is 0 Å². The average molecular weight is 365 g/mol. The summed E-state index contributed by atoms with van der Waals surface area (Å²) in [7, 11) is 0. The number of thioether (sulfide) groups is 1. The zero-order valence-corrected chi connectivity index (χ0v) is 14.4. The molecule has 5 heteroatoms. The highest BCUT2D eigenvalue weighted by atomic mass is 79.9. The predicted molar refractivity (Wildman–Crippen MR) is 90.6 cm³/mol. The van der Waals surface area contributed by atoms with Crippen molar-refractivity contribution in [2.75, 3.05) is 5.75 Å². The fourth-order valence-electron chi connectivity index (χ4n) is 1.76. The van der Waals surface area contributed by atoms with Crippen molar-refractivity contribution in [3.8, 4) is 0 Å². The molecule has 1 aromatic carbocycles. The third kappa shape index (κ3) is 4.86. The summed E-state index contributed by atoms with van der Waals surface area (Å²) in [5.41, 5.74) is 0.703. The van der Waals surface area contributed by atoms with E-state index >= 15 is 0 Å². The predicted octanol–water partition coefficient (Wildman–Crippen LogP) is 3.99. The normalized spacial score (nSPS) is 11.9. The van der Waals surface area contributed by atoms with Gasteiger partial charge < -0.3 is 0 Å². The van der Waals surface area contributed by atoms with Crippen LogP contribution in [-0.2, 0) is 0 Å². The molecule has 3 nitrogen and oxygen atoms in total. The molecule has 0 amide bonds. The maximum atomic E-state index is 12.4. The van der Waals surface area contributed by atoms with E-state index in [1.54, 1.807) is 10.8 Å². The van der Waals surface area contributed by atoms with Gasteiger partial charge in [0.05, 0.1) is 5.75 Å². The topological polar surface area (TPSA) is 34.4 Å². The van der Waals surface area contributed by atoms with E-state index in [-0.39, 0.29) is 11.9 Å². The van der Waals surface area contributed by atoms with Gasteiger partial charge in [-0.3, -0.25) is 14.4 Å². The van der Waals surface area contributed by atoms with Gasteiger partial charge in [0.25, 0.3) is 0 Å². The molecule has 0 saturated heterocycles. The first-order valence-corrected chi connectivity index (χ1v) is 8.47. The largest absolute Gasteiger partial charge is 0.273 e. The summed E-state index contributed by atoms with van der Waals surface area (Å²) in [6, 6.07) is 13.7. The number of carbonyl (C=O) groups excluding carboxylic acids is 1. The lowest BCUT2D eigenvalue weighted by Gasteiger charge is -2.07. The van der Waals surface area contributed by atoms with Crippen LogP contribution in [0, 0.1) is 0 Å². The van der Waals surface area contributed by atoms with Gasteiger partial charge in [0.15, 0.2) is 0 Å². The molecule has 1 heterocycles. The van der Waals surface area contributed by atoms with Crippen molar-refractivity contribution in [2.24, 2.45) is 4.99 Å². The van der Waals surface area contributed by atoms with Crippen molar-refractivity contribution in [3.63, 3.8) is 0 Å². The lowest BCUT2D eigenvalue weighted by atomic mass is 10.4. The van der Waals surface area contributed by atoms with Gasteiger partial charge in [-0.25, -0.2) is 0 Å². The molecule has 0 aliphatic rings. The maximum Gasteiger partial charge on any atom is 0.242 e. The highest BCUT2D eigenvalue weighted by Crippen LogP contribution is 2.20. The van der Waals surface area contributed by atoms with Crippen molar-refractivity contribution >= 4 is 33.6 Å². The molecular formula is C16H17BrN2OS. The van der Waals surface area contributed by atoms with E-state index in [1.165, 1.54) is 11.8 Å². The number of pyridine rings is 1. The zero-order valence-electron chi connectivity index (χ0n) is 12.0. The number of aromatic nitrogens is 1. The molecule has 0 N–H and O–H groups in total. The van der Waals surface area contributed by atoms with Crippen LogP contribution in [0.25, 0.3) is 0 Å². The summed E-state index contributed by atoms with van der Waals surface area (Å²) < 4.78 is 2.65. The Morgan fingerprint density at radius 1 is 1.24 bits per heavy atom. The van der Waals surface area contributed by atoms with Crippen LogP contribution in [0.5, 0.6) is 0 Å². The van der Waals surface area contributed by atoms with Crippen molar-refractivity contribution in [2.45, 2.75) is 24.8 Å². The monoisotopic (exact) mass is 364 g/mol. The van der Waals surface area contributed by atoms with Crippen LogP contribution in [0.4, 0.5) is 0 Å². The Hall–Kier alpha value is -1.33. The van der Waals surface area contributed by atoms with E-state index in [2.05, 4.69) is 20.9 Å². The number of carbonyl (C=O) groups is 1. The summed E-state index contributed by atoms with van der Waals surface area (Å²) in [6.07, 6.45) is 1.77. The first-order valence-electron chi connectivity index (χ1n) is 6.69. The number of hydrogen-bond donors (Lipinski definition) is 0. The molecule has 1 aromatic heterocycles. The second kappa shape index (κ2) is 7.61. The number of nitrogens with zero attached hydrogens (tertiary/aromatic N) is 2. The number of hydrogen-bond acceptors (Lipinski definition) is 3. The van der Waals surface area contributed by atoms with Crippen LogP contribution in [0.1, 0.15) is 18.6 Å². The minimum atomic E-state index is 0.0305. The van der Waals surface area contributed by atoms with Crippen LogP contribution >= 0.6 is 27.7 Å². The molecule has 0 fully saturated rings. The van der Waals surface area contributed by atoms with Crippen LogP contribution in [0.2, 0.25) is 0 Å². The minimum absolute atomic E-state index is 0.0305. The Balaban J connectivity index is 2.12. The summed E-state index contributed by atoms with van der Waals surface area (Å²) in [5.74, 6) is 0.416. The van der Waals surface area contributed by atoms with E-state index in [0.717, 1.165) is 9.37 Å². The van der Waals surface area contributed by atoms with Crippen molar-refractivity contribution in [3.05, 3.63) is 58.6 Å². The lowest BCUT2D eigenvalue weighted by Crippen LogP contribution is -2.28. The molecule has 110 valence electrons. The molecule has 21 heavy (non-hydrogen) atoms. The summed E-state index contributed by atoms with van der Waals surface area (Å²) in [4.78, 5) is 17.9. The molecule has 2 aromatic rings. The van der Waals surface area contributed by atoms with E-state index in [4.69, 9.17) is 0 Å². The first kappa shape index (κ1) is 16.0. The standard InChI is InChI=1S/C16H17BrN2OS/c1-12(2)18-15-5-3-4-10-19(15)16(20)11-21-14-8-6-13(17)7-9-14/h3-10,12H,11H2,1-2H3. The summed E-state index contributed by atoms with van der Waals surface area (Å²) >= 11 is 4.93. The van der Waals surface area contributed by atoms with E-state index < -0.39 is 0 Å². The lowest BCUT2D eigenvalue weighted by molar-refractivity contribution is 0.0936. The Morgan fingerprint density at radius 2 is 1.95 bits per heavy atom. The molecule has 0 aliphatic carbocycles.